The van der Waals surface area contributed by atoms with E-state index < -0.39 is 25.1 Å². The lowest BCUT2D eigenvalue weighted by molar-refractivity contribution is -0.333. The van der Waals surface area contributed by atoms with E-state index in [0.29, 0.717) is 0 Å². The minimum Gasteiger partial charge on any atom is -0.780 e. The van der Waals surface area contributed by atoms with Crippen molar-refractivity contribution < 1.29 is 28.5 Å². The van der Waals surface area contributed by atoms with Crippen LogP contribution in [-0.4, -0.2) is 11.6 Å². The topological polar surface area (TPSA) is 107 Å². The third-order valence-electron chi connectivity index (χ3n) is 2.20. The van der Waals surface area contributed by atoms with Crippen molar-refractivity contribution in [3.05, 3.63) is 40.4 Å². The first-order valence-corrected chi connectivity index (χ1v) is 6.44. The number of phosphoric acid groups is 1. The Morgan fingerprint density at radius 1 is 1.22 bits per heavy atom. The summed E-state index contributed by atoms with van der Waals surface area (Å²) in [5, 5.41) is -0.280. The number of ketones is 2. The number of allylic oxidation sites excluding steroid dienone is 2. The van der Waals surface area contributed by atoms with Gasteiger partial charge in [-0.05, 0) is 12.1 Å². The SMILES string of the molecule is O=C1C(Cl)=CC(=O)c2c(OP(=O)([O-])[O-])cccc21. The predicted molar refractivity (Wildman–Crippen MR) is 57.3 cm³/mol. The zero-order chi connectivity index (χ0) is 13.5. The number of halogens is 1. The van der Waals surface area contributed by atoms with Crippen LogP contribution in [0.1, 0.15) is 20.7 Å². The Morgan fingerprint density at radius 3 is 2.50 bits per heavy atom. The second-order valence-corrected chi connectivity index (χ2v) is 4.89. The van der Waals surface area contributed by atoms with E-state index in [1.165, 1.54) is 12.1 Å². The summed E-state index contributed by atoms with van der Waals surface area (Å²) in [6, 6.07) is 3.68. The van der Waals surface area contributed by atoms with Gasteiger partial charge in [0.15, 0.2) is 5.78 Å². The second-order valence-electron chi connectivity index (χ2n) is 3.40. The highest BCUT2D eigenvalue weighted by Crippen LogP contribution is 2.36. The Kier molecular flexibility index (Phi) is 3.12. The molecule has 0 radical (unpaired) electrons. The van der Waals surface area contributed by atoms with Crippen molar-refractivity contribution in [3.8, 4) is 5.75 Å². The number of hydrogen-bond acceptors (Lipinski definition) is 6. The summed E-state index contributed by atoms with van der Waals surface area (Å²) in [5.41, 5.74) is -0.378. The van der Waals surface area contributed by atoms with Gasteiger partial charge in [0.25, 0.3) is 0 Å². The summed E-state index contributed by atoms with van der Waals surface area (Å²) in [6.45, 7) is 0. The molecule has 0 heterocycles. The number of benzene rings is 1. The minimum absolute atomic E-state index is 0.0987. The summed E-state index contributed by atoms with van der Waals surface area (Å²) in [5.74, 6) is -1.80. The fourth-order valence-electron chi connectivity index (χ4n) is 1.55. The number of phosphoric ester groups is 1. The molecule has 1 aromatic carbocycles. The molecular formula is C10H4ClO6P-2. The van der Waals surface area contributed by atoms with Gasteiger partial charge in [-0.2, -0.15) is 0 Å². The first kappa shape index (κ1) is 13.0. The fraction of sp³-hybridized carbons (Fsp3) is 0. The van der Waals surface area contributed by atoms with Crippen molar-refractivity contribution in [1.82, 2.24) is 0 Å². The summed E-state index contributed by atoms with van der Waals surface area (Å²) < 4.78 is 14.7. The molecule has 0 unspecified atom stereocenters. The zero-order valence-electron chi connectivity index (χ0n) is 8.58. The van der Waals surface area contributed by atoms with E-state index in [0.717, 1.165) is 12.1 Å². The van der Waals surface area contributed by atoms with Crippen molar-refractivity contribution in [3.63, 3.8) is 0 Å². The Labute approximate surface area is 106 Å². The molecule has 0 fully saturated rings. The van der Waals surface area contributed by atoms with Crippen LogP contribution in [0.3, 0.4) is 0 Å². The largest absolute Gasteiger partial charge is 0.780 e. The number of rotatable bonds is 2. The van der Waals surface area contributed by atoms with Gasteiger partial charge in [0.1, 0.15) is 13.6 Å². The van der Waals surface area contributed by atoms with Gasteiger partial charge in [0.05, 0.1) is 10.6 Å². The molecule has 18 heavy (non-hydrogen) atoms. The van der Waals surface area contributed by atoms with Gasteiger partial charge in [-0.1, -0.05) is 17.7 Å². The van der Waals surface area contributed by atoms with Crippen LogP contribution in [0.2, 0.25) is 0 Å². The van der Waals surface area contributed by atoms with Crippen molar-refractivity contribution in [2.45, 2.75) is 0 Å². The maximum atomic E-state index is 11.7. The molecule has 0 saturated carbocycles. The van der Waals surface area contributed by atoms with Crippen LogP contribution in [0.15, 0.2) is 29.3 Å². The Hall–Kier alpha value is -1.46. The highest BCUT2D eigenvalue weighted by molar-refractivity contribution is 7.43. The second kappa shape index (κ2) is 4.33. The van der Waals surface area contributed by atoms with Crippen LogP contribution in [0.4, 0.5) is 0 Å². The third-order valence-corrected chi connectivity index (χ3v) is 2.90. The molecule has 6 nitrogen and oxygen atoms in total. The molecule has 0 spiro atoms. The zero-order valence-corrected chi connectivity index (χ0v) is 10.2. The van der Waals surface area contributed by atoms with E-state index in [1.54, 1.807) is 0 Å². The summed E-state index contributed by atoms with van der Waals surface area (Å²) >= 11 is 5.55. The Morgan fingerprint density at radius 2 is 1.89 bits per heavy atom. The highest BCUT2D eigenvalue weighted by atomic mass is 35.5. The molecule has 2 rings (SSSR count). The standard InChI is InChI=1S/C10H6ClO6P/c11-6-4-7(12)9-5(10(6)13)2-1-3-8(9)17-18(14,15)16/h1-4H,(H2,14,15,16)/p-2. The van der Waals surface area contributed by atoms with Crippen LogP contribution in [0.5, 0.6) is 5.75 Å². The number of Topliss-reactive ketones (excluding diaryl/α,β-unsaturated/α-hetero) is 1. The normalized spacial score (nSPS) is 15.2. The molecule has 1 aliphatic carbocycles. The van der Waals surface area contributed by atoms with Crippen LogP contribution in [0.25, 0.3) is 0 Å². The molecule has 0 atom stereocenters. The van der Waals surface area contributed by atoms with Crippen molar-refractivity contribution >= 4 is 31.0 Å². The van der Waals surface area contributed by atoms with E-state index in [-0.39, 0.29) is 16.2 Å². The molecule has 1 aromatic rings. The van der Waals surface area contributed by atoms with Crippen molar-refractivity contribution in [2.24, 2.45) is 0 Å². The highest BCUT2D eigenvalue weighted by Gasteiger charge is 2.27. The van der Waals surface area contributed by atoms with Crippen LogP contribution in [0, 0.1) is 0 Å². The lowest BCUT2D eigenvalue weighted by Crippen LogP contribution is -2.21. The van der Waals surface area contributed by atoms with Gasteiger partial charge in [0, 0.05) is 11.6 Å². The molecular weight excluding hydrogens is 283 g/mol. The molecule has 0 saturated heterocycles. The molecule has 1 aliphatic rings. The molecule has 94 valence electrons. The maximum Gasteiger partial charge on any atom is 0.205 e. The Balaban J connectivity index is 2.61. The van der Waals surface area contributed by atoms with Gasteiger partial charge >= 0.3 is 0 Å². The molecule has 8 heteroatoms. The van der Waals surface area contributed by atoms with E-state index in [2.05, 4.69) is 4.52 Å². The smallest absolute Gasteiger partial charge is 0.205 e. The first-order chi connectivity index (χ1) is 8.29. The number of carbonyl (C=O) groups is 2. The Bertz CT molecular complexity index is 629. The maximum absolute atomic E-state index is 11.7. The average Bonchev–Trinajstić information content (AvgIpc) is 2.23. The molecule has 0 aromatic heterocycles. The number of fused-ring (bicyclic) bond motifs is 1. The van der Waals surface area contributed by atoms with E-state index in [4.69, 9.17) is 11.6 Å². The summed E-state index contributed by atoms with van der Waals surface area (Å²) in [6.07, 6.45) is 0.847. The van der Waals surface area contributed by atoms with E-state index in [9.17, 15) is 23.9 Å². The quantitative estimate of drug-likeness (QED) is 0.728. The summed E-state index contributed by atoms with van der Waals surface area (Å²) in [7, 11) is -5.31. The van der Waals surface area contributed by atoms with Crippen LogP contribution >= 0.6 is 19.4 Å². The number of hydrogen-bond donors (Lipinski definition) is 0. The number of carbonyl (C=O) groups excluding carboxylic acids is 2. The van der Waals surface area contributed by atoms with Crippen molar-refractivity contribution in [2.75, 3.05) is 0 Å². The van der Waals surface area contributed by atoms with E-state index >= 15 is 0 Å². The molecule has 0 amide bonds. The van der Waals surface area contributed by atoms with Crippen molar-refractivity contribution in [1.29, 1.82) is 0 Å². The van der Waals surface area contributed by atoms with Gasteiger partial charge in [-0.25, -0.2) is 0 Å². The lowest BCUT2D eigenvalue weighted by Gasteiger charge is -2.30. The molecule has 0 N–H and O–H groups in total. The van der Waals surface area contributed by atoms with Crippen LogP contribution < -0.4 is 14.3 Å². The van der Waals surface area contributed by atoms with Gasteiger partial charge in [-0.15, -0.1) is 0 Å². The van der Waals surface area contributed by atoms with Gasteiger partial charge in [0.2, 0.25) is 5.78 Å². The first-order valence-electron chi connectivity index (χ1n) is 4.60. The average molecular weight is 287 g/mol. The fourth-order valence-corrected chi connectivity index (χ4v) is 2.15. The third kappa shape index (κ3) is 2.37. The predicted octanol–water partition coefficient (Wildman–Crippen LogP) is 0.396. The monoisotopic (exact) mass is 286 g/mol. The van der Waals surface area contributed by atoms with E-state index in [1.807, 2.05) is 0 Å². The summed E-state index contributed by atoms with van der Waals surface area (Å²) in [4.78, 5) is 44.4. The van der Waals surface area contributed by atoms with Gasteiger partial charge in [-0.3, -0.25) is 9.59 Å². The van der Waals surface area contributed by atoms with Crippen LogP contribution in [-0.2, 0) is 4.57 Å². The minimum atomic E-state index is -5.31. The lowest BCUT2D eigenvalue weighted by atomic mass is 9.94. The molecule has 0 bridgehead atoms. The molecule has 0 aliphatic heterocycles. The van der Waals surface area contributed by atoms with Gasteiger partial charge < -0.3 is 18.9 Å².